The van der Waals surface area contributed by atoms with Crippen LogP contribution in [0.2, 0.25) is 0 Å². The largest absolute Gasteiger partial charge is 0.509 e. The summed E-state index contributed by atoms with van der Waals surface area (Å²) in [7, 11) is 0. The minimum Gasteiger partial charge on any atom is -0.424 e. The molecule has 1 aliphatic rings. The second-order valence-corrected chi connectivity index (χ2v) is 1.81. The first kappa shape index (κ1) is 7.01. The van der Waals surface area contributed by atoms with E-state index in [1.807, 2.05) is 0 Å². The smallest absolute Gasteiger partial charge is 0.424 e. The molecule has 56 valence electrons. The molecule has 0 spiro atoms. The monoisotopic (exact) mass is 146 g/mol. The molecule has 0 bridgehead atoms. The molecule has 0 aromatic heterocycles. The molecule has 5 heteroatoms. The van der Waals surface area contributed by atoms with Gasteiger partial charge in [-0.1, -0.05) is 0 Å². The zero-order chi connectivity index (χ0) is 7.56. The number of aliphatic hydroxyl groups excluding tert-OH is 1. The summed E-state index contributed by atoms with van der Waals surface area (Å²) in [4.78, 5) is 20.3. The highest BCUT2D eigenvalue weighted by molar-refractivity contribution is 5.70. The number of hydrogen-bond donors (Lipinski definition) is 1. The van der Waals surface area contributed by atoms with Crippen LogP contribution in [0.25, 0.3) is 0 Å². The van der Waals surface area contributed by atoms with E-state index in [4.69, 9.17) is 5.11 Å². The Morgan fingerprint density at radius 3 is 2.70 bits per heavy atom. The van der Waals surface area contributed by atoms with E-state index in [1.54, 1.807) is 0 Å². The van der Waals surface area contributed by atoms with Crippen LogP contribution >= 0.6 is 0 Å². The lowest BCUT2D eigenvalue weighted by atomic mass is 10.2. The number of hydrogen-bond acceptors (Lipinski definition) is 5. The molecule has 5 nitrogen and oxygen atoms in total. The fourth-order valence-electron chi connectivity index (χ4n) is 0.662. The fourth-order valence-corrected chi connectivity index (χ4v) is 0.662. The molecule has 0 amide bonds. The topological polar surface area (TPSA) is 72.8 Å². The molecule has 2 atom stereocenters. The zero-order valence-corrected chi connectivity index (χ0v) is 5.02. The molecule has 0 aromatic carbocycles. The molecule has 10 heavy (non-hydrogen) atoms. The van der Waals surface area contributed by atoms with E-state index in [0.29, 0.717) is 6.29 Å². The van der Waals surface area contributed by atoms with Crippen molar-refractivity contribution < 1.29 is 24.2 Å². The lowest BCUT2D eigenvalue weighted by molar-refractivity contribution is -0.115. The Hall–Kier alpha value is -1.10. The Balaban J connectivity index is 2.56. The Bertz CT molecular complexity index is 154. The van der Waals surface area contributed by atoms with Gasteiger partial charge in [0.2, 0.25) is 0 Å². The van der Waals surface area contributed by atoms with Gasteiger partial charge in [0.25, 0.3) is 0 Å². The SMILES string of the molecule is O=C[C@@H]1OC(=O)O[C@@H]1CO. The lowest BCUT2D eigenvalue weighted by Gasteiger charge is -2.03. The van der Waals surface area contributed by atoms with Crippen LogP contribution in [0.1, 0.15) is 0 Å². The van der Waals surface area contributed by atoms with Crippen LogP contribution in [0.15, 0.2) is 0 Å². The van der Waals surface area contributed by atoms with E-state index in [-0.39, 0.29) is 0 Å². The number of ether oxygens (including phenoxy) is 2. The van der Waals surface area contributed by atoms with Crippen molar-refractivity contribution in [3.05, 3.63) is 0 Å². The predicted molar refractivity (Wildman–Crippen MR) is 28.3 cm³/mol. The van der Waals surface area contributed by atoms with E-state index < -0.39 is 25.0 Å². The fraction of sp³-hybridized carbons (Fsp3) is 0.600. The van der Waals surface area contributed by atoms with Gasteiger partial charge in [0.05, 0.1) is 6.61 Å². The van der Waals surface area contributed by atoms with E-state index >= 15 is 0 Å². The Kier molecular flexibility index (Phi) is 1.86. The summed E-state index contributed by atoms with van der Waals surface area (Å²) in [5.74, 6) is 0. The quantitative estimate of drug-likeness (QED) is 0.403. The summed E-state index contributed by atoms with van der Waals surface area (Å²) in [5.41, 5.74) is 0. The third-order valence-electron chi connectivity index (χ3n) is 1.16. The zero-order valence-electron chi connectivity index (χ0n) is 5.02. The first-order valence-corrected chi connectivity index (χ1v) is 2.71. The summed E-state index contributed by atoms with van der Waals surface area (Å²) < 4.78 is 8.70. The molecule has 0 aliphatic carbocycles. The predicted octanol–water partition coefficient (Wildman–Crippen LogP) is -0.918. The summed E-state index contributed by atoms with van der Waals surface area (Å²) in [6, 6.07) is 0. The molecular weight excluding hydrogens is 140 g/mol. The number of aldehydes is 1. The van der Waals surface area contributed by atoms with Crippen LogP contribution in [0.3, 0.4) is 0 Å². The van der Waals surface area contributed by atoms with Crippen molar-refractivity contribution >= 4 is 12.4 Å². The number of cyclic esters (lactones) is 2. The van der Waals surface area contributed by atoms with Gasteiger partial charge >= 0.3 is 6.16 Å². The van der Waals surface area contributed by atoms with Crippen LogP contribution in [0, 0.1) is 0 Å². The van der Waals surface area contributed by atoms with Crippen molar-refractivity contribution in [2.24, 2.45) is 0 Å². The molecule has 1 fully saturated rings. The van der Waals surface area contributed by atoms with E-state index in [0.717, 1.165) is 0 Å². The van der Waals surface area contributed by atoms with Gasteiger partial charge in [-0.25, -0.2) is 4.79 Å². The van der Waals surface area contributed by atoms with Crippen molar-refractivity contribution in [1.29, 1.82) is 0 Å². The van der Waals surface area contributed by atoms with Crippen molar-refractivity contribution in [1.82, 2.24) is 0 Å². The lowest BCUT2D eigenvalue weighted by Crippen LogP contribution is -2.27. The van der Waals surface area contributed by atoms with Crippen molar-refractivity contribution in [3.8, 4) is 0 Å². The number of carbonyl (C=O) groups is 2. The van der Waals surface area contributed by atoms with Crippen LogP contribution in [-0.2, 0) is 14.3 Å². The van der Waals surface area contributed by atoms with Crippen LogP contribution in [-0.4, -0.2) is 36.4 Å². The highest BCUT2D eigenvalue weighted by Gasteiger charge is 2.35. The Labute approximate surface area is 56.5 Å². The van der Waals surface area contributed by atoms with Crippen molar-refractivity contribution in [2.45, 2.75) is 12.2 Å². The first-order chi connectivity index (χ1) is 4.77. The minimum absolute atomic E-state index is 0.394. The molecular formula is C5H6O5. The molecule has 0 aromatic rings. The third kappa shape index (κ3) is 1.08. The molecule has 1 N–H and O–H groups in total. The van der Waals surface area contributed by atoms with E-state index in [2.05, 4.69) is 9.47 Å². The second-order valence-electron chi connectivity index (χ2n) is 1.81. The number of carbonyl (C=O) groups excluding carboxylic acids is 2. The second kappa shape index (κ2) is 2.66. The summed E-state index contributed by atoms with van der Waals surface area (Å²) >= 11 is 0. The maximum Gasteiger partial charge on any atom is 0.509 e. The molecule has 1 saturated heterocycles. The number of aliphatic hydroxyl groups is 1. The molecule has 0 saturated carbocycles. The summed E-state index contributed by atoms with van der Waals surface area (Å²) in [6.45, 7) is -0.394. The normalized spacial score (nSPS) is 31.1. The average molecular weight is 146 g/mol. The van der Waals surface area contributed by atoms with Gasteiger partial charge in [-0.3, -0.25) is 4.79 Å². The van der Waals surface area contributed by atoms with Crippen LogP contribution < -0.4 is 0 Å². The molecule has 0 unspecified atom stereocenters. The average Bonchev–Trinajstić information content (AvgIpc) is 2.30. The Morgan fingerprint density at radius 2 is 2.30 bits per heavy atom. The van der Waals surface area contributed by atoms with Gasteiger partial charge in [-0.15, -0.1) is 0 Å². The molecule has 1 heterocycles. The Morgan fingerprint density at radius 1 is 1.60 bits per heavy atom. The summed E-state index contributed by atoms with van der Waals surface area (Å²) in [5, 5.41) is 8.47. The van der Waals surface area contributed by atoms with E-state index in [9.17, 15) is 9.59 Å². The van der Waals surface area contributed by atoms with Gasteiger partial charge in [0.15, 0.2) is 18.5 Å². The molecule has 1 rings (SSSR count). The first-order valence-electron chi connectivity index (χ1n) is 2.71. The van der Waals surface area contributed by atoms with Gasteiger partial charge in [-0.2, -0.15) is 0 Å². The van der Waals surface area contributed by atoms with Gasteiger partial charge in [0, 0.05) is 0 Å². The van der Waals surface area contributed by atoms with Gasteiger partial charge in [0.1, 0.15) is 0 Å². The van der Waals surface area contributed by atoms with E-state index in [1.165, 1.54) is 0 Å². The number of rotatable bonds is 2. The maximum absolute atomic E-state index is 10.3. The van der Waals surface area contributed by atoms with Crippen LogP contribution in [0.5, 0.6) is 0 Å². The molecule has 1 aliphatic heterocycles. The highest BCUT2D eigenvalue weighted by Crippen LogP contribution is 2.12. The van der Waals surface area contributed by atoms with Crippen molar-refractivity contribution in [2.75, 3.05) is 6.61 Å². The van der Waals surface area contributed by atoms with Gasteiger partial charge in [-0.05, 0) is 0 Å². The minimum atomic E-state index is -0.947. The summed E-state index contributed by atoms with van der Waals surface area (Å²) in [6.07, 6.45) is -2.26. The van der Waals surface area contributed by atoms with Crippen molar-refractivity contribution in [3.63, 3.8) is 0 Å². The highest BCUT2D eigenvalue weighted by atomic mass is 16.8. The van der Waals surface area contributed by atoms with Crippen LogP contribution in [0.4, 0.5) is 4.79 Å². The molecule has 0 radical (unpaired) electrons. The maximum atomic E-state index is 10.3. The van der Waals surface area contributed by atoms with Gasteiger partial charge < -0.3 is 14.6 Å². The third-order valence-corrected chi connectivity index (χ3v) is 1.16. The standard InChI is InChI=1S/C5H6O5/c6-1-3-4(2-7)10-5(8)9-3/h1,3-4,7H,2H2/t3-,4+/m0/s1.